The first-order valence-electron chi connectivity index (χ1n) is 7.53. The standard InChI is InChI=1S/C19H22/c1-3-5-14-19(4-2)17-12-8-6-10-15(17)16-11-7-9-13-18(16)19/h6-13H,3-5,14H2,1-2H3. The van der Waals surface area contributed by atoms with Crippen LogP contribution in [0.3, 0.4) is 0 Å². The minimum absolute atomic E-state index is 0.253. The third-order valence-corrected chi connectivity index (χ3v) is 4.74. The molecule has 98 valence electrons. The van der Waals surface area contributed by atoms with E-state index in [1.807, 2.05) is 0 Å². The van der Waals surface area contributed by atoms with Gasteiger partial charge in [0.25, 0.3) is 0 Å². The summed E-state index contributed by atoms with van der Waals surface area (Å²) in [5, 5.41) is 0. The molecule has 2 aromatic carbocycles. The van der Waals surface area contributed by atoms with Gasteiger partial charge >= 0.3 is 0 Å². The van der Waals surface area contributed by atoms with Crippen LogP contribution in [0.1, 0.15) is 50.7 Å². The molecule has 0 aromatic heterocycles. The second-order valence-corrected chi connectivity index (χ2v) is 5.63. The summed E-state index contributed by atoms with van der Waals surface area (Å²) in [4.78, 5) is 0. The highest BCUT2D eigenvalue weighted by molar-refractivity contribution is 5.80. The van der Waals surface area contributed by atoms with Crippen LogP contribution >= 0.6 is 0 Å². The Labute approximate surface area is 116 Å². The molecule has 0 aliphatic heterocycles. The highest BCUT2D eigenvalue weighted by Crippen LogP contribution is 2.52. The Balaban J connectivity index is 2.23. The van der Waals surface area contributed by atoms with Crippen LogP contribution in [0.5, 0.6) is 0 Å². The van der Waals surface area contributed by atoms with E-state index in [0.29, 0.717) is 0 Å². The Morgan fingerprint density at radius 1 is 0.789 bits per heavy atom. The summed E-state index contributed by atoms with van der Waals surface area (Å²) in [5.74, 6) is 0. The van der Waals surface area contributed by atoms with Crippen LogP contribution in [0, 0.1) is 0 Å². The Morgan fingerprint density at radius 2 is 1.32 bits per heavy atom. The molecule has 0 saturated heterocycles. The Kier molecular flexibility index (Phi) is 3.18. The quantitative estimate of drug-likeness (QED) is 0.667. The van der Waals surface area contributed by atoms with Crippen molar-refractivity contribution in [1.82, 2.24) is 0 Å². The Bertz CT molecular complexity index is 535. The first-order chi connectivity index (χ1) is 9.33. The highest BCUT2D eigenvalue weighted by atomic mass is 14.4. The summed E-state index contributed by atoms with van der Waals surface area (Å²) < 4.78 is 0. The van der Waals surface area contributed by atoms with Gasteiger partial charge in [-0.15, -0.1) is 0 Å². The first-order valence-corrected chi connectivity index (χ1v) is 7.53. The predicted molar refractivity (Wildman–Crippen MR) is 82.5 cm³/mol. The van der Waals surface area contributed by atoms with Crippen LogP contribution in [-0.2, 0) is 5.41 Å². The average molecular weight is 250 g/mol. The molecule has 0 fully saturated rings. The van der Waals surface area contributed by atoms with Crippen molar-refractivity contribution in [3.8, 4) is 11.1 Å². The molecule has 0 bridgehead atoms. The first kappa shape index (κ1) is 12.5. The molecule has 0 heterocycles. The van der Waals surface area contributed by atoms with Crippen LogP contribution in [0.15, 0.2) is 48.5 Å². The molecule has 0 unspecified atom stereocenters. The zero-order valence-electron chi connectivity index (χ0n) is 11.9. The SMILES string of the molecule is CCCCC1(CC)c2ccccc2-c2ccccc21. The Morgan fingerprint density at radius 3 is 1.79 bits per heavy atom. The van der Waals surface area contributed by atoms with Gasteiger partial charge in [0.1, 0.15) is 0 Å². The average Bonchev–Trinajstić information content (AvgIpc) is 2.77. The molecule has 0 atom stereocenters. The van der Waals surface area contributed by atoms with Crippen molar-refractivity contribution in [1.29, 1.82) is 0 Å². The molecule has 0 nitrogen and oxygen atoms in total. The van der Waals surface area contributed by atoms with Crippen molar-refractivity contribution in [2.45, 2.75) is 44.9 Å². The van der Waals surface area contributed by atoms with Crippen molar-refractivity contribution in [3.05, 3.63) is 59.7 Å². The van der Waals surface area contributed by atoms with E-state index in [-0.39, 0.29) is 5.41 Å². The van der Waals surface area contributed by atoms with Gasteiger partial charge in [-0.25, -0.2) is 0 Å². The van der Waals surface area contributed by atoms with Gasteiger partial charge in [-0.1, -0.05) is 75.2 Å². The summed E-state index contributed by atoms with van der Waals surface area (Å²) in [5.41, 5.74) is 6.26. The van der Waals surface area contributed by atoms with Crippen LogP contribution in [0.2, 0.25) is 0 Å². The molecular formula is C19H22. The van der Waals surface area contributed by atoms with Crippen LogP contribution in [0.25, 0.3) is 11.1 Å². The van der Waals surface area contributed by atoms with Gasteiger partial charge in [0.15, 0.2) is 0 Å². The molecular weight excluding hydrogens is 228 g/mol. The molecule has 0 heteroatoms. The minimum atomic E-state index is 0.253. The summed E-state index contributed by atoms with van der Waals surface area (Å²) in [6, 6.07) is 18.0. The maximum absolute atomic E-state index is 2.34. The van der Waals surface area contributed by atoms with Gasteiger partial charge in [-0.3, -0.25) is 0 Å². The van der Waals surface area contributed by atoms with Crippen molar-refractivity contribution >= 4 is 0 Å². The number of hydrogen-bond donors (Lipinski definition) is 0. The van der Waals surface area contributed by atoms with Crippen molar-refractivity contribution in [2.24, 2.45) is 0 Å². The molecule has 1 aliphatic carbocycles. The van der Waals surface area contributed by atoms with E-state index in [2.05, 4.69) is 62.4 Å². The van der Waals surface area contributed by atoms with E-state index in [9.17, 15) is 0 Å². The minimum Gasteiger partial charge on any atom is -0.0654 e. The van der Waals surface area contributed by atoms with Gasteiger partial charge in [-0.05, 0) is 35.1 Å². The summed E-state index contributed by atoms with van der Waals surface area (Å²) in [6.07, 6.45) is 5.04. The van der Waals surface area contributed by atoms with Gasteiger partial charge in [0.05, 0.1) is 0 Å². The fourth-order valence-corrected chi connectivity index (χ4v) is 3.72. The lowest BCUT2D eigenvalue weighted by Crippen LogP contribution is -2.24. The Hall–Kier alpha value is -1.56. The normalized spacial score (nSPS) is 15.1. The predicted octanol–water partition coefficient (Wildman–Crippen LogP) is 5.55. The van der Waals surface area contributed by atoms with Crippen LogP contribution in [0.4, 0.5) is 0 Å². The zero-order chi connectivity index (χ0) is 13.3. The maximum atomic E-state index is 2.34. The van der Waals surface area contributed by atoms with Crippen LogP contribution < -0.4 is 0 Å². The van der Waals surface area contributed by atoms with E-state index in [1.54, 1.807) is 11.1 Å². The fourth-order valence-electron chi connectivity index (χ4n) is 3.72. The maximum Gasteiger partial charge on any atom is 0.0212 e. The lowest BCUT2D eigenvalue weighted by molar-refractivity contribution is 0.447. The van der Waals surface area contributed by atoms with Gasteiger partial charge in [-0.2, -0.15) is 0 Å². The third kappa shape index (κ3) is 1.74. The molecule has 3 rings (SSSR count). The monoisotopic (exact) mass is 250 g/mol. The molecule has 19 heavy (non-hydrogen) atoms. The molecule has 2 aromatic rings. The van der Waals surface area contributed by atoms with E-state index in [4.69, 9.17) is 0 Å². The van der Waals surface area contributed by atoms with Crippen molar-refractivity contribution in [2.75, 3.05) is 0 Å². The molecule has 0 spiro atoms. The smallest absolute Gasteiger partial charge is 0.0212 e. The topological polar surface area (TPSA) is 0 Å². The number of unbranched alkanes of at least 4 members (excludes halogenated alkanes) is 1. The number of benzene rings is 2. The van der Waals surface area contributed by atoms with E-state index < -0.39 is 0 Å². The van der Waals surface area contributed by atoms with Crippen molar-refractivity contribution < 1.29 is 0 Å². The van der Waals surface area contributed by atoms with Gasteiger partial charge < -0.3 is 0 Å². The largest absolute Gasteiger partial charge is 0.0654 e. The molecule has 0 amide bonds. The molecule has 0 saturated carbocycles. The molecule has 0 N–H and O–H groups in total. The van der Waals surface area contributed by atoms with Crippen LogP contribution in [-0.4, -0.2) is 0 Å². The number of rotatable bonds is 4. The number of fused-ring (bicyclic) bond motifs is 3. The van der Waals surface area contributed by atoms with Crippen molar-refractivity contribution in [3.63, 3.8) is 0 Å². The number of hydrogen-bond acceptors (Lipinski definition) is 0. The van der Waals surface area contributed by atoms with E-state index in [1.165, 1.54) is 36.8 Å². The van der Waals surface area contributed by atoms with Gasteiger partial charge in [0.2, 0.25) is 0 Å². The second-order valence-electron chi connectivity index (χ2n) is 5.63. The molecule has 0 radical (unpaired) electrons. The lowest BCUT2D eigenvalue weighted by Gasteiger charge is -2.31. The van der Waals surface area contributed by atoms with E-state index in [0.717, 1.165) is 0 Å². The third-order valence-electron chi connectivity index (χ3n) is 4.74. The summed E-state index contributed by atoms with van der Waals surface area (Å²) >= 11 is 0. The van der Waals surface area contributed by atoms with E-state index >= 15 is 0 Å². The molecule has 1 aliphatic rings. The second kappa shape index (κ2) is 4.85. The van der Waals surface area contributed by atoms with Gasteiger partial charge in [0, 0.05) is 5.41 Å². The highest BCUT2D eigenvalue weighted by Gasteiger charge is 2.40. The fraction of sp³-hybridized carbons (Fsp3) is 0.368. The summed E-state index contributed by atoms with van der Waals surface area (Å²) in [7, 11) is 0. The zero-order valence-corrected chi connectivity index (χ0v) is 11.9. The summed E-state index contributed by atoms with van der Waals surface area (Å²) in [6.45, 7) is 4.63. The lowest BCUT2D eigenvalue weighted by atomic mass is 9.72.